The van der Waals surface area contributed by atoms with E-state index in [0.717, 1.165) is 39.3 Å². The number of benzene rings is 4. The Labute approximate surface area is 328 Å². The van der Waals surface area contributed by atoms with E-state index >= 15 is 0 Å². The number of nitrogens with zero attached hydrogens (tertiary/aromatic N) is 2. The Morgan fingerprint density at radius 3 is 1.93 bits per heavy atom. The van der Waals surface area contributed by atoms with Gasteiger partial charge in [0.05, 0.1) is 46.5 Å². The lowest BCUT2D eigenvalue weighted by molar-refractivity contribution is -0.184. The number of rotatable bonds is 17. The van der Waals surface area contributed by atoms with Crippen LogP contribution in [-0.2, 0) is 28.9 Å². The Hall–Kier alpha value is -3.84. The molecule has 0 amide bonds. The fourth-order valence-corrected chi connectivity index (χ4v) is 9.72. The van der Waals surface area contributed by atoms with Crippen LogP contribution < -0.4 is 9.47 Å². The molecule has 2 aliphatic heterocycles. The van der Waals surface area contributed by atoms with Gasteiger partial charge in [0.25, 0.3) is 8.53 Å². The van der Waals surface area contributed by atoms with Crippen LogP contribution in [0.2, 0.25) is 0 Å². The van der Waals surface area contributed by atoms with Gasteiger partial charge < -0.3 is 32.7 Å². The van der Waals surface area contributed by atoms with Gasteiger partial charge in [-0.3, -0.25) is 0 Å². The van der Waals surface area contributed by atoms with Crippen molar-refractivity contribution in [3.05, 3.63) is 130 Å². The molecule has 6 rings (SSSR count). The van der Waals surface area contributed by atoms with Gasteiger partial charge in [0.1, 0.15) is 41.0 Å². The van der Waals surface area contributed by atoms with Gasteiger partial charge in [-0.2, -0.15) is 5.26 Å². The summed E-state index contributed by atoms with van der Waals surface area (Å²) in [6, 6.07) is 33.2. The molecule has 5 atom stereocenters. The van der Waals surface area contributed by atoms with Crippen molar-refractivity contribution in [3.8, 4) is 17.6 Å². The van der Waals surface area contributed by atoms with Gasteiger partial charge in [0.15, 0.2) is 0 Å². The average molecular weight is 767 g/mol. The van der Waals surface area contributed by atoms with Crippen LogP contribution in [0.3, 0.4) is 0 Å². The normalized spacial score (nSPS) is 21.3. The van der Waals surface area contributed by atoms with Crippen molar-refractivity contribution in [2.75, 3.05) is 34.0 Å². The summed E-state index contributed by atoms with van der Waals surface area (Å²) in [5.41, 5.74) is 5.30. The smallest absolute Gasteiger partial charge is 0.259 e. The third-order valence-electron chi connectivity index (χ3n) is 10.8. The second kappa shape index (κ2) is 17.5. The summed E-state index contributed by atoms with van der Waals surface area (Å²) in [6.07, 6.45) is -1.12. The average Bonchev–Trinajstić information content (AvgIpc) is 3.68. The van der Waals surface area contributed by atoms with Gasteiger partial charge in [0.2, 0.25) is 0 Å². The molecule has 2 aliphatic rings. The predicted molar refractivity (Wildman–Crippen MR) is 215 cm³/mol. The maximum absolute atomic E-state index is 9.42. The van der Waals surface area contributed by atoms with Gasteiger partial charge in [0, 0.05) is 12.1 Å². The number of fused-ring (bicyclic) bond motifs is 2. The minimum absolute atomic E-state index is 0.120. The van der Waals surface area contributed by atoms with Crippen molar-refractivity contribution < 1.29 is 32.7 Å². The van der Waals surface area contributed by atoms with Crippen molar-refractivity contribution in [2.24, 2.45) is 0 Å². The van der Waals surface area contributed by atoms with Crippen LogP contribution in [0.15, 0.2) is 91.0 Å². The topological polar surface area (TPSA) is 91.6 Å². The maximum atomic E-state index is 9.42. The van der Waals surface area contributed by atoms with Crippen LogP contribution >= 0.6 is 8.53 Å². The van der Waals surface area contributed by atoms with Gasteiger partial charge in [-0.15, -0.1) is 0 Å². The highest BCUT2D eigenvalue weighted by Crippen LogP contribution is 2.57. The lowest BCUT2D eigenvalue weighted by Gasteiger charge is -2.41. The van der Waals surface area contributed by atoms with Crippen LogP contribution in [0.4, 0.5) is 0 Å². The first kappa shape index (κ1) is 40.8. The molecular weight excluding hydrogens is 711 g/mol. The molecule has 2 bridgehead atoms. The molecule has 1 unspecified atom stereocenters. The van der Waals surface area contributed by atoms with E-state index in [0.29, 0.717) is 0 Å². The highest BCUT2D eigenvalue weighted by atomic mass is 31.2. The van der Waals surface area contributed by atoms with E-state index in [1.165, 1.54) is 11.1 Å². The molecule has 2 heterocycles. The van der Waals surface area contributed by atoms with E-state index in [-0.39, 0.29) is 38.3 Å². The molecule has 55 heavy (non-hydrogen) atoms. The number of methoxy groups -OCH3 is 2. The first-order valence-electron chi connectivity index (χ1n) is 19.1. The second-order valence-electron chi connectivity index (χ2n) is 15.0. The summed E-state index contributed by atoms with van der Waals surface area (Å²) in [5.74, 6) is 1.49. The molecule has 0 aliphatic carbocycles. The highest BCUT2D eigenvalue weighted by Gasteiger charge is 2.65. The minimum Gasteiger partial charge on any atom is -0.497 e. The Kier molecular flexibility index (Phi) is 13.0. The van der Waals surface area contributed by atoms with Gasteiger partial charge in [-0.1, -0.05) is 66.7 Å². The standard InChI is InChI=1S/C45H55N2O7P/c1-30(2)47(31(3)4)55(52-25-13-24-46)54-43-42-41(40-27-33(6)32(5)26-34(40)7)53-44(43,28-50-42)29-51-45(35-14-11-10-12-15-35,36-16-20-38(48-8)21-17-36)37-18-22-39(49-9)23-19-37/h10-12,14-23,26-27,30-31,41-43H,13,25,28-29H2,1-9H3/t41-,42-,43-,44+,55?/m0/s1. The second-order valence-corrected chi connectivity index (χ2v) is 16.4. The fourth-order valence-electron chi connectivity index (χ4n) is 7.91. The Morgan fingerprint density at radius 2 is 1.38 bits per heavy atom. The third-order valence-corrected chi connectivity index (χ3v) is 12.9. The number of hydrogen-bond acceptors (Lipinski definition) is 9. The molecule has 0 spiro atoms. The number of aryl methyl sites for hydroxylation is 3. The number of hydrogen-bond donors (Lipinski definition) is 0. The first-order valence-corrected chi connectivity index (χ1v) is 20.2. The van der Waals surface area contributed by atoms with Crippen LogP contribution in [-0.4, -0.2) is 68.6 Å². The molecule has 4 aromatic rings. The highest BCUT2D eigenvalue weighted by molar-refractivity contribution is 7.44. The van der Waals surface area contributed by atoms with Gasteiger partial charge >= 0.3 is 0 Å². The summed E-state index contributed by atoms with van der Waals surface area (Å²) >= 11 is 0. The zero-order valence-corrected chi connectivity index (χ0v) is 34.5. The zero-order chi connectivity index (χ0) is 39.3. The van der Waals surface area contributed by atoms with Crippen molar-refractivity contribution in [3.63, 3.8) is 0 Å². The van der Waals surface area contributed by atoms with Crippen LogP contribution in [0.1, 0.15) is 79.2 Å². The van der Waals surface area contributed by atoms with Crippen molar-refractivity contribution in [2.45, 2.75) is 96.5 Å². The summed E-state index contributed by atoms with van der Waals surface area (Å²) < 4.78 is 48.6. The number of ether oxygens (including phenoxy) is 5. The quantitative estimate of drug-likeness (QED) is 0.0592. The van der Waals surface area contributed by atoms with E-state index < -0.39 is 38.0 Å². The van der Waals surface area contributed by atoms with Crippen molar-refractivity contribution >= 4 is 8.53 Å². The summed E-state index contributed by atoms with van der Waals surface area (Å²) in [6.45, 7) is 15.6. The van der Waals surface area contributed by atoms with Gasteiger partial charge in [-0.05, 0) is 112 Å². The lowest BCUT2D eigenvalue weighted by atomic mass is 9.79. The lowest BCUT2D eigenvalue weighted by Crippen LogP contribution is -2.49. The molecule has 0 saturated carbocycles. The minimum atomic E-state index is -1.62. The zero-order valence-electron chi connectivity index (χ0n) is 33.6. The molecule has 2 fully saturated rings. The molecule has 0 aromatic heterocycles. The van der Waals surface area contributed by atoms with Gasteiger partial charge in [-0.25, -0.2) is 4.67 Å². The Balaban J connectivity index is 1.49. The Morgan fingerprint density at radius 1 is 0.818 bits per heavy atom. The number of nitriles is 1. The van der Waals surface area contributed by atoms with Crippen molar-refractivity contribution in [1.82, 2.24) is 4.67 Å². The fraction of sp³-hybridized carbons (Fsp3) is 0.444. The van der Waals surface area contributed by atoms with E-state index in [1.54, 1.807) is 14.2 Å². The molecule has 292 valence electrons. The van der Waals surface area contributed by atoms with Crippen LogP contribution in [0, 0.1) is 32.1 Å². The third kappa shape index (κ3) is 8.19. The van der Waals surface area contributed by atoms with Crippen molar-refractivity contribution in [1.29, 1.82) is 5.26 Å². The molecule has 10 heteroatoms. The molecule has 0 radical (unpaired) electrons. The molecular formula is C45H55N2O7P. The SMILES string of the molecule is COc1ccc(C(OC[C@@]23CO[C@@H]([C@H](c4cc(C)c(C)cc4C)O2)[C@@H]3OP(OCCC#N)N(C(C)C)C(C)C)(c2ccccc2)c2ccc(OC)cc2)cc1. The van der Waals surface area contributed by atoms with E-state index in [9.17, 15) is 5.26 Å². The summed E-state index contributed by atoms with van der Waals surface area (Å²) in [7, 11) is 1.71. The summed E-state index contributed by atoms with van der Waals surface area (Å²) in [5, 5.41) is 9.42. The predicted octanol–water partition coefficient (Wildman–Crippen LogP) is 9.51. The van der Waals surface area contributed by atoms with Crippen LogP contribution in [0.25, 0.3) is 0 Å². The maximum Gasteiger partial charge on any atom is 0.259 e. The van der Waals surface area contributed by atoms with E-state index in [4.69, 9.17) is 32.7 Å². The molecule has 9 nitrogen and oxygen atoms in total. The monoisotopic (exact) mass is 766 g/mol. The van der Waals surface area contributed by atoms with Crippen LogP contribution in [0.5, 0.6) is 11.5 Å². The van der Waals surface area contributed by atoms with E-state index in [1.807, 2.05) is 42.5 Å². The molecule has 2 saturated heterocycles. The Bertz CT molecular complexity index is 1860. The largest absolute Gasteiger partial charge is 0.497 e. The summed E-state index contributed by atoms with van der Waals surface area (Å²) in [4.78, 5) is 0. The van der Waals surface area contributed by atoms with E-state index in [2.05, 4.69) is 108 Å². The molecule has 4 aromatic carbocycles. The molecule has 0 N–H and O–H groups in total. The first-order chi connectivity index (χ1) is 26.5.